The van der Waals surface area contributed by atoms with Gasteiger partial charge >= 0.3 is 5.97 Å². The molecule has 0 spiro atoms. The normalized spacial score (nSPS) is 11.8. The van der Waals surface area contributed by atoms with Crippen LogP contribution in [-0.2, 0) is 18.9 Å². The third-order valence-electron chi connectivity index (χ3n) is 10.5. The van der Waals surface area contributed by atoms with Crippen molar-refractivity contribution < 1.29 is 18.7 Å². The lowest BCUT2D eigenvalue weighted by Crippen LogP contribution is -2.29. The van der Waals surface area contributed by atoms with E-state index in [4.69, 9.17) is 78.8 Å². The number of esters is 1. The van der Waals surface area contributed by atoms with Gasteiger partial charge in [-0.1, -0.05) is 99.9 Å². The Morgan fingerprint density at radius 3 is 2.00 bits per heavy atom. The van der Waals surface area contributed by atoms with Crippen LogP contribution in [0.15, 0.2) is 114 Å². The van der Waals surface area contributed by atoms with Crippen molar-refractivity contribution >= 4 is 104 Å². The number of nitrogens with zero attached hydrogens (tertiary/aromatic N) is 5. The molecular formula is C47H41Cl6N6O4+. The van der Waals surface area contributed by atoms with Gasteiger partial charge in [0.25, 0.3) is 5.91 Å². The highest BCUT2D eigenvalue weighted by Gasteiger charge is 2.34. The van der Waals surface area contributed by atoms with Crippen molar-refractivity contribution in [2.75, 3.05) is 36.4 Å². The third-order valence-corrected chi connectivity index (χ3v) is 11.5. The van der Waals surface area contributed by atoms with Gasteiger partial charge in [-0.2, -0.15) is 0 Å². The molecule has 0 saturated carbocycles. The molecule has 1 aliphatic heterocycles. The van der Waals surface area contributed by atoms with Crippen LogP contribution in [0.25, 0.3) is 44.8 Å². The van der Waals surface area contributed by atoms with Crippen molar-refractivity contribution in [3.05, 3.63) is 143 Å². The third kappa shape index (κ3) is 10.4. The summed E-state index contributed by atoms with van der Waals surface area (Å²) in [7, 11) is 0. The number of aromatic nitrogens is 3. The molecule has 4 aromatic carbocycles. The second-order valence-electron chi connectivity index (χ2n) is 14.3. The molecule has 2 aliphatic rings. The Bertz CT molecular complexity index is 2800. The highest BCUT2D eigenvalue weighted by molar-refractivity contribution is 6.67. The Morgan fingerprint density at radius 2 is 1.38 bits per heavy atom. The lowest BCUT2D eigenvalue weighted by Gasteiger charge is -2.22. The van der Waals surface area contributed by atoms with Crippen LogP contribution in [0.1, 0.15) is 65.6 Å². The average Bonchev–Trinajstić information content (AvgIpc) is 3.27. The van der Waals surface area contributed by atoms with E-state index in [9.17, 15) is 9.59 Å². The number of fused-ring (bicyclic) bond motifs is 2. The summed E-state index contributed by atoms with van der Waals surface area (Å²) in [5.41, 5.74) is 6.74. The van der Waals surface area contributed by atoms with Crippen LogP contribution < -0.4 is 20.1 Å². The lowest BCUT2D eigenvalue weighted by atomic mass is 9.90. The van der Waals surface area contributed by atoms with Crippen molar-refractivity contribution in [2.45, 2.75) is 41.9 Å². The van der Waals surface area contributed by atoms with Gasteiger partial charge in [0, 0.05) is 64.2 Å². The van der Waals surface area contributed by atoms with Crippen LogP contribution in [0.5, 0.6) is 0 Å². The van der Waals surface area contributed by atoms with Gasteiger partial charge in [-0.05, 0) is 99.5 Å². The molecule has 0 radical (unpaired) electrons. The Morgan fingerprint density at radius 1 is 0.730 bits per heavy atom. The molecule has 1 amide bonds. The molecule has 10 nitrogen and oxygen atoms in total. The number of rotatable bonds is 12. The van der Waals surface area contributed by atoms with Crippen LogP contribution in [0.4, 0.5) is 11.4 Å². The first-order chi connectivity index (χ1) is 30.1. The van der Waals surface area contributed by atoms with E-state index in [-0.39, 0.29) is 30.0 Å². The zero-order valence-corrected chi connectivity index (χ0v) is 39.1. The molecule has 0 bridgehead atoms. The van der Waals surface area contributed by atoms with Crippen LogP contribution in [0.2, 0.25) is 0 Å². The van der Waals surface area contributed by atoms with E-state index >= 15 is 0 Å². The van der Waals surface area contributed by atoms with Crippen LogP contribution in [-0.4, -0.2) is 53.0 Å². The quantitative estimate of drug-likeness (QED) is 0.0557. The van der Waals surface area contributed by atoms with Gasteiger partial charge in [0.05, 0.1) is 11.6 Å². The fraction of sp³-hybridized carbons (Fsp3) is 0.234. The second kappa shape index (κ2) is 19.4. The molecule has 0 fully saturated rings. The number of carbonyl (C=O) groups is 2. The number of carbonyl (C=O) groups excluding carboxylic acids is 2. The fourth-order valence-corrected chi connectivity index (χ4v) is 7.76. The minimum absolute atomic E-state index is 0.0142. The van der Waals surface area contributed by atoms with E-state index in [0.717, 1.165) is 70.6 Å². The Balaban J connectivity index is 1.10. The standard InChI is InChI=1S/C47H40Cl6N6O4/c1-5-58(6-2)32-21-23-36-38(25-32)63-39-26-33(59(7-3)8-4)22-24-37(39)40(36)34-11-9-10-12-35(34)43(61)62-27-28-13-15-30(16-14-28)42(60)54-31-19-17-29(18-20-31)41-55-44(46(48,49)50)57-45(56-41)47(51,52)53/h9-26H,5-8,27H2,1-4H3/p+1. The molecule has 0 saturated heterocycles. The number of benzene rings is 5. The smallest absolute Gasteiger partial charge is 0.339 e. The summed E-state index contributed by atoms with van der Waals surface area (Å²) in [6.45, 7) is 11.9. The maximum Gasteiger partial charge on any atom is 0.339 e. The zero-order chi connectivity index (χ0) is 45.1. The SMILES string of the molecule is CCN(CC)c1ccc2c(-c3ccccc3C(=O)OCc3ccc(C(=O)Nc4ccc(-c5nc(C(Cl)(Cl)Cl)nc(C(Cl)(Cl)Cl)n5)cc4)cc3)c3ccc(=[N+](CC)CC)cc-3oc2c1. The van der Waals surface area contributed by atoms with E-state index in [1.54, 1.807) is 54.6 Å². The molecule has 1 aromatic heterocycles. The topological polar surface area (TPSA) is 113 Å². The molecule has 1 N–H and O–H groups in total. The van der Waals surface area contributed by atoms with Crippen LogP contribution >= 0.6 is 69.6 Å². The molecule has 5 aromatic rings. The highest BCUT2D eigenvalue weighted by Crippen LogP contribution is 2.43. The molecule has 7 rings (SSSR count). The number of nitrogens with one attached hydrogen (secondary N) is 1. The van der Waals surface area contributed by atoms with Crippen molar-refractivity contribution in [2.24, 2.45) is 0 Å². The molecule has 324 valence electrons. The first kappa shape index (κ1) is 46.1. The highest BCUT2D eigenvalue weighted by atomic mass is 35.6. The van der Waals surface area contributed by atoms with Gasteiger partial charge in [-0.15, -0.1) is 0 Å². The summed E-state index contributed by atoms with van der Waals surface area (Å²) in [5, 5.41) is 4.80. The van der Waals surface area contributed by atoms with E-state index in [1.807, 2.05) is 18.2 Å². The maximum absolute atomic E-state index is 14.0. The summed E-state index contributed by atoms with van der Waals surface area (Å²) in [6.07, 6.45) is 0. The van der Waals surface area contributed by atoms with Crippen molar-refractivity contribution in [3.63, 3.8) is 0 Å². The molecule has 1 aliphatic carbocycles. The van der Waals surface area contributed by atoms with Crippen molar-refractivity contribution in [3.8, 4) is 33.8 Å². The zero-order valence-electron chi connectivity index (χ0n) is 34.6. The molecule has 0 unspecified atom stereocenters. The second-order valence-corrected chi connectivity index (χ2v) is 18.9. The predicted molar refractivity (Wildman–Crippen MR) is 255 cm³/mol. The Labute approximate surface area is 394 Å². The van der Waals surface area contributed by atoms with Gasteiger partial charge < -0.3 is 19.4 Å². The first-order valence-corrected chi connectivity index (χ1v) is 22.4. The monoisotopic (exact) mass is 963 g/mol. The Hall–Kier alpha value is -4.94. The minimum Gasteiger partial charge on any atom is -0.457 e. The molecule has 16 heteroatoms. The number of hydrogen-bond donors (Lipinski definition) is 1. The number of hydrogen-bond acceptors (Lipinski definition) is 8. The van der Waals surface area contributed by atoms with Gasteiger partial charge in [0.2, 0.25) is 12.9 Å². The van der Waals surface area contributed by atoms with Gasteiger partial charge in [-0.25, -0.2) is 24.3 Å². The number of alkyl halides is 6. The maximum atomic E-state index is 14.0. The summed E-state index contributed by atoms with van der Waals surface area (Å²) >= 11 is 36.1. The summed E-state index contributed by atoms with van der Waals surface area (Å²) in [5.74, 6) is -0.478. The predicted octanol–water partition coefficient (Wildman–Crippen LogP) is 12.0. The minimum atomic E-state index is -2.00. The van der Waals surface area contributed by atoms with Gasteiger partial charge in [-0.3, -0.25) is 4.79 Å². The Kier molecular flexibility index (Phi) is 14.2. The van der Waals surface area contributed by atoms with Crippen molar-refractivity contribution in [1.82, 2.24) is 19.5 Å². The number of amides is 1. The lowest BCUT2D eigenvalue weighted by molar-refractivity contribution is 0.0473. The molecule has 0 atom stereocenters. The van der Waals surface area contributed by atoms with Crippen LogP contribution in [0.3, 0.4) is 0 Å². The summed E-state index contributed by atoms with van der Waals surface area (Å²) < 4.78 is 10.8. The number of anilines is 2. The van der Waals surface area contributed by atoms with Crippen molar-refractivity contribution in [1.29, 1.82) is 0 Å². The molecule has 63 heavy (non-hydrogen) atoms. The van der Waals surface area contributed by atoms with Crippen LogP contribution in [0, 0.1) is 0 Å². The number of halogens is 6. The number of ether oxygens (including phenoxy) is 1. The van der Waals surface area contributed by atoms with E-state index in [1.165, 1.54) is 0 Å². The fourth-order valence-electron chi connectivity index (χ4n) is 7.25. The average molecular weight is 967 g/mol. The molecule has 2 heterocycles. The molecular weight excluding hydrogens is 925 g/mol. The van der Waals surface area contributed by atoms with E-state index < -0.39 is 13.6 Å². The summed E-state index contributed by atoms with van der Waals surface area (Å²) in [4.78, 5) is 41.9. The van der Waals surface area contributed by atoms with Gasteiger partial charge in [0.15, 0.2) is 17.5 Å². The first-order valence-electron chi connectivity index (χ1n) is 20.1. The summed E-state index contributed by atoms with van der Waals surface area (Å²) in [6, 6.07) is 33.3. The van der Waals surface area contributed by atoms with E-state index in [0.29, 0.717) is 27.9 Å². The van der Waals surface area contributed by atoms with E-state index in [2.05, 4.69) is 93.8 Å². The largest absolute Gasteiger partial charge is 0.457 e. The van der Waals surface area contributed by atoms with Gasteiger partial charge in [0.1, 0.15) is 31.0 Å².